The molecule has 2 atom stereocenters. The molecule has 0 aliphatic carbocycles. The Morgan fingerprint density at radius 1 is 1.29 bits per heavy atom. The van der Waals surface area contributed by atoms with Crippen LogP contribution in [-0.4, -0.2) is 63.7 Å². The maximum absolute atomic E-state index is 13.2. The number of nitrogens with zero attached hydrogens (tertiary/aromatic N) is 4. The average molecular weight is 645 g/mol. The highest BCUT2D eigenvalue weighted by atomic mass is 79.9. The summed E-state index contributed by atoms with van der Waals surface area (Å²) in [6.07, 6.45) is 4.25. The van der Waals surface area contributed by atoms with Gasteiger partial charge in [0.25, 0.3) is 11.5 Å². The molecule has 0 saturated carbocycles. The van der Waals surface area contributed by atoms with E-state index >= 15 is 0 Å². The number of amides is 1. The Labute approximate surface area is 236 Å². The molecule has 0 aromatic carbocycles. The van der Waals surface area contributed by atoms with Crippen molar-refractivity contribution in [2.75, 3.05) is 26.3 Å². The molecule has 3 aromatic heterocycles. The van der Waals surface area contributed by atoms with E-state index in [-0.39, 0.29) is 12.2 Å². The number of hydrogen-bond acceptors (Lipinski definition) is 7. The Balaban J connectivity index is 1.39. The number of aliphatic hydroxyl groups is 1. The molecule has 3 aromatic rings. The van der Waals surface area contributed by atoms with Crippen molar-refractivity contribution in [2.45, 2.75) is 43.4 Å². The van der Waals surface area contributed by atoms with Crippen molar-refractivity contribution in [1.29, 1.82) is 5.26 Å². The number of aromatic nitrogens is 2. The summed E-state index contributed by atoms with van der Waals surface area (Å²) < 4.78 is 8.39. The molecular weight excluding hydrogens is 618 g/mol. The Bertz CT molecular complexity index is 1460. The highest BCUT2D eigenvalue weighted by molar-refractivity contribution is 9.11. The van der Waals surface area contributed by atoms with E-state index < -0.39 is 29.0 Å². The Kier molecular flexibility index (Phi) is 7.98. The minimum absolute atomic E-state index is 0.0359. The lowest BCUT2D eigenvalue weighted by Crippen LogP contribution is -2.49. The highest BCUT2D eigenvalue weighted by Gasteiger charge is 2.39. The first-order valence-electron chi connectivity index (χ1n) is 12.5. The number of ether oxygens (including phenoxy) is 1. The molecule has 11 heteroatoms. The van der Waals surface area contributed by atoms with Gasteiger partial charge in [-0.25, -0.2) is 0 Å². The molecular formula is C27H27Br2N5O4. The Morgan fingerprint density at radius 3 is 2.79 bits per heavy atom. The predicted molar refractivity (Wildman–Crippen MR) is 148 cm³/mol. The van der Waals surface area contributed by atoms with Crippen molar-refractivity contribution in [3.8, 4) is 6.07 Å². The van der Waals surface area contributed by atoms with Gasteiger partial charge in [-0.05, 0) is 81.0 Å². The van der Waals surface area contributed by atoms with Crippen LogP contribution in [0.4, 0.5) is 0 Å². The van der Waals surface area contributed by atoms with Gasteiger partial charge in [0.05, 0.1) is 36.0 Å². The number of aliphatic hydroxyl groups excluding tert-OH is 1. The Hall–Kier alpha value is -2.62. The van der Waals surface area contributed by atoms with Gasteiger partial charge in [-0.3, -0.25) is 23.9 Å². The van der Waals surface area contributed by atoms with Gasteiger partial charge in [0, 0.05) is 47.6 Å². The zero-order valence-corrected chi connectivity index (χ0v) is 23.7. The average Bonchev–Trinajstić information content (AvgIpc) is 2.92. The number of halogens is 2. The smallest absolute Gasteiger partial charge is 0.267 e. The second-order valence-electron chi connectivity index (χ2n) is 9.81. The Morgan fingerprint density at radius 2 is 2.08 bits per heavy atom. The third-order valence-corrected chi connectivity index (χ3v) is 8.46. The van der Waals surface area contributed by atoms with E-state index in [2.05, 4.69) is 53.1 Å². The number of pyridine rings is 3. The summed E-state index contributed by atoms with van der Waals surface area (Å²) in [5, 5.41) is 23.1. The summed E-state index contributed by atoms with van der Waals surface area (Å²) in [5.41, 5.74) is 1.26. The number of hydrogen-bond donors (Lipinski definition) is 2. The third kappa shape index (κ3) is 5.28. The highest BCUT2D eigenvalue weighted by Crippen LogP contribution is 2.38. The summed E-state index contributed by atoms with van der Waals surface area (Å²) in [4.78, 5) is 33.2. The molecule has 0 unspecified atom stereocenters. The molecule has 198 valence electrons. The molecule has 2 N–H and O–H groups in total. The third-order valence-electron chi connectivity index (χ3n) is 7.42. The summed E-state index contributed by atoms with van der Waals surface area (Å²) in [6, 6.07) is 11.1. The van der Waals surface area contributed by atoms with E-state index in [0.717, 1.165) is 25.7 Å². The summed E-state index contributed by atoms with van der Waals surface area (Å²) in [5.74, 6) is -0.506. The van der Waals surface area contributed by atoms with E-state index in [4.69, 9.17) is 4.74 Å². The fourth-order valence-electron chi connectivity index (χ4n) is 5.25. The summed E-state index contributed by atoms with van der Waals surface area (Å²) >= 11 is 7.00. The number of carbonyl (C=O) groups excluding carboxylic acids is 1. The van der Waals surface area contributed by atoms with Crippen LogP contribution in [0.2, 0.25) is 0 Å². The van der Waals surface area contributed by atoms with Crippen molar-refractivity contribution >= 4 is 43.3 Å². The van der Waals surface area contributed by atoms with Crippen molar-refractivity contribution in [3.05, 3.63) is 78.8 Å². The number of carbonyl (C=O) groups is 1. The van der Waals surface area contributed by atoms with E-state index in [0.29, 0.717) is 45.5 Å². The van der Waals surface area contributed by atoms with Crippen LogP contribution in [0, 0.1) is 11.3 Å². The normalized spacial score (nSPS) is 21.6. The fourth-order valence-corrected chi connectivity index (χ4v) is 6.62. The van der Waals surface area contributed by atoms with Gasteiger partial charge in [0.2, 0.25) is 0 Å². The monoisotopic (exact) mass is 643 g/mol. The van der Waals surface area contributed by atoms with Crippen LogP contribution in [0.25, 0.3) is 5.52 Å². The van der Waals surface area contributed by atoms with Gasteiger partial charge in [0.15, 0.2) is 0 Å². The summed E-state index contributed by atoms with van der Waals surface area (Å²) in [6.45, 7) is 2.43. The maximum Gasteiger partial charge on any atom is 0.267 e. The zero-order chi connectivity index (χ0) is 26.9. The van der Waals surface area contributed by atoms with Crippen molar-refractivity contribution in [2.24, 2.45) is 0 Å². The van der Waals surface area contributed by atoms with E-state index in [1.807, 2.05) is 18.2 Å². The largest absolute Gasteiger partial charge is 0.389 e. The lowest BCUT2D eigenvalue weighted by molar-refractivity contribution is -0.0261. The van der Waals surface area contributed by atoms with Crippen LogP contribution >= 0.6 is 31.9 Å². The number of piperidine rings is 1. The number of rotatable bonds is 5. The van der Waals surface area contributed by atoms with Crippen LogP contribution < -0.4 is 10.9 Å². The van der Waals surface area contributed by atoms with Gasteiger partial charge >= 0.3 is 0 Å². The van der Waals surface area contributed by atoms with Crippen molar-refractivity contribution in [1.82, 2.24) is 19.6 Å². The molecule has 5 heterocycles. The summed E-state index contributed by atoms with van der Waals surface area (Å²) in [7, 11) is 0. The second kappa shape index (κ2) is 11.2. The molecule has 0 radical (unpaired) electrons. The molecule has 2 fully saturated rings. The first-order chi connectivity index (χ1) is 18.3. The van der Waals surface area contributed by atoms with Crippen LogP contribution in [0.5, 0.6) is 0 Å². The molecule has 0 spiro atoms. The first kappa shape index (κ1) is 27.0. The minimum Gasteiger partial charge on any atom is -0.389 e. The lowest BCUT2D eigenvalue weighted by atomic mass is 9.76. The number of fused-ring (bicyclic) bond motifs is 1. The minimum atomic E-state index is -0.815. The molecule has 0 bridgehead atoms. The maximum atomic E-state index is 13.2. The van der Waals surface area contributed by atoms with Crippen LogP contribution in [0.3, 0.4) is 0 Å². The first-order valence-corrected chi connectivity index (χ1v) is 14.0. The molecule has 2 aliphatic heterocycles. The molecule has 9 nitrogen and oxygen atoms in total. The predicted octanol–water partition coefficient (Wildman–Crippen LogP) is 3.16. The molecule has 2 saturated heterocycles. The molecule has 2 aliphatic rings. The SMILES string of the molecule is N#CC1(c2ncc(Br)cc2Br)CCN(Cc2cc(C(=O)N[C@H]3CCOC[C@@H]3O)c(=O)n3ccccc23)CC1. The standard InChI is InChI=1S/C27H27Br2N5O4/c28-18-12-20(29)24(31-13-18)27(16-30)5-8-33(9-6-27)14-17-11-19(26(37)34-7-2-1-3-22(17)34)25(36)32-21-4-10-38-15-23(21)35/h1-3,7,11-13,21,23,35H,4-6,8-10,14-15H2,(H,32,36)/t21-,23-/m0/s1. The lowest BCUT2D eigenvalue weighted by Gasteiger charge is -2.37. The molecule has 38 heavy (non-hydrogen) atoms. The van der Waals surface area contributed by atoms with Gasteiger partial charge in [0.1, 0.15) is 11.0 Å². The topological polar surface area (TPSA) is 120 Å². The fraction of sp³-hybridized carbons (Fsp3) is 0.407. The van der Waals surface area contributed by atoms with E-state index in [1.165, 1.54) is 4.40 Å². The van der Waals surface area contributed by atoms with Crippen LogP contribution in [-0.2, 0) is 16.7 Å². The number of nitriles is 1. The number of likely N-dealkylation sites (tertiary alicyclic amines) is 1. The van der Waals surface area contributed by atoms with E-state index in [1.54, 1.807) is 24.5 Å². The van der Waals surface area contributed by atoms with Crippen molar-refractivity contribution in [3.63, 3.8) is 0 Å². The van der Waals surface area contributed by atoms with Gasteiger partial charge in [-0.1, -0.05) is 6.07 Å². The quantitative estimate of drug-likeness (QED) is 0.438. The second-order valence-corrected chi connectivity index (χ2v) is 11.6. The van der Waals surface area contributed by atoms with E-state index in [9.17, 15) is 20.0 Å². The molecule has 1 amide bonds. The molecule has 5 rings (SSSR count). The van der Waals surface area contributed by atoms with Gasteiger partial charge in [-0.2, -0.15) is 5.26 Å². The number of nitrogens with one attached hydrogen (secondary N) is 1. The van der Waals surface area contributed by atoms with Crippen LogP contribution in [0.15, 0.2) is 56.5 Å². The van der Waals surface area contributed by atoms with Crippen molar-refractivity contribution < 1.29 is 14.6 Å². The zero-order valence-electron chi connectivity index (χ0n) is 20.6. The van der Waals surface area contributed by atoms with Gasteiger partial charge in [-0.15, -0.1) is 0 Å². The van der Waals surface area contributed by atoms with Gasteiger partial charge < -0.3 is 15.2 Å². The van der Waals surface area contributed by atoms with Crippen LogP contribution in [0.1, 0.15) is 40.9 Å².